The van der Waals surface area contributed by atoms with Crippen LogP contribution < -0.4 is 20.8 Å². The van der Waals surface area contributed by atoms with Crippen LogP contribution in [0.3, 0.4) is 0 Å². The van der Waals surface area contributed by atoms with Crippen LogP contribution in [0, 0.1) is 0 Å². The van der Waals surface area contributed by atoms with Gasteiger partial charge in [-0.15, -0.1) is 0 Å². The van der Waals surface area contributed by atoms with Crippen molar-refractivity contribution in [1.29, 1.82) is 0 Å². The molecular weight excluding hydrogens is 242 g/mol. The Hall–Kier alpha value is -2.37. The van der Waals surface area contributed by atoms with Gasteiger partial charge in [0.2, 0.25) is 0 Å². The van der Waals surface area contributed by atoms with Gasteiger partial charge in [0.1, 0.15) is 0 Å². The van der Waals surface area contributed by atoms with Crippen LogP contribution in [-0.4, -0.2) is 23.1 Å². The molecule has 0 aromatic carbocycles. The van der Waals surface area contributed by atoms with E-state index in [1.807, 2.05) is 24.5 Å². The van der Waals surface area contributed by atoms with Crippen molar-refractivity contribution in [3.8, 4) is 5.82 Å². The van der Waals surface area contributed by atoms with E-state index in [4.69, 9.17) is 5.73 Å². The number of pyridine rings is 1. The van der Waals surface area contributed by atoms with E-state index in [0.717, 1.165) is 13.1 Å². The largest absolute Gasteiger partial charge is 0.371 e. The summed E-state index contributed by atoms with van der Waals surface area (Å²) >= 11 is 0. The Labute approximate surface area is 110 Å². The second-order valence-electron chi connectivity index (χ2n) is 4.65. The van der Waals surface area contributed by atoms with Gasteiger partial charge in [-0.2, -0.15) is 0 Å². The Balaban J connectivity index is 1.91. The topological polar surface area (TPSA) is 78.9 Å². The van der Waals surface area contributed by atoms with Gasteiger partial charge >= 0.3 is 11.8 Å². The van der Waals surface area contributed by atoms with Crippen LogP contribution in [-0.2, 0) is 0 Å². The summed E-state index contributed by atoms with van der Waals surface area (Å²) in [5.74, 6) is 0.646. The maximum Gasteiger partial charge on any atom is 0.337 e. The molecule has 0 saturated carbocycles. The molecule has 6 heteroatoms. The summed E-state index contributed by atoms with van der Waals surface area (Å²) in [4.78, 5) is 20.2. The van der Waals surface area contributed by atoms with Gasteiger partial charge < -0.3 is 10.6 Å². The molecule has 0 spiro atoms. The maximum absolute atomic E-state index is 11.4. The molecule has 1 aliphatic heterocycles. The minimum absolute atomic E-state index is 0.124. The third-order valence-electron chi connectivity index (χ3n) is 3.29. The second-order valence-corrected chi connectivity index (χ2v) is 4.65. The summed E-state index contributed by atoms with van der Waals surface area (Å²) in [6.45, 7) is 2.22. The number of aromatic nitrogens is 3. The molecule has 1 fully saturated rings. The van der Waals surface area contributed by atoms with Gasteiger partial charge in [-0.25, -0.2) is 4.57 Å². The van der Waals surface area contributed by atoms with Crippen molar-refractivity contribution in [2.45, 2.75) is 12.8 Å². The maximum atomic E-state index is 11.4. The van der Waals surface area contributed by atoms with Gasteiger partial charge in [-0.05, 0) is 17.8 Å². The summed E-state index contributed by atoms with van der Waals surface area (Å²) in [5, 5.41) is 0. The number of anilines is 2. The zero-order chi connectivity index (χ0) is 13.2. The minimum atomic E-state index is -0.251. The zero-order valence-electron chi connectivity index (χ0n) is 10.5. The molecule has 2 aromatic rings. The Morgan fingerprint density at radius 1 is 1.26 bits per heavy atom. The van der Waals surface area contributed by atoms with Gasteiger partial charge in [0.15, 0.2) is 0 Å². The van der Waals surface area contributed by atoms with Gasteiger partial charge in [0.05, 0.1) is 18.5 Å². The van der Waals surface area contributed by atoms with E-state index in [-0.39, 0.29) is 11.5 Å². The third-order valence-corrected chi connectivity index (χ3v) is 3.29. The number of nitrogens with zero attached hydrogens (tertiary/aromatic N) is 3. The molecule has 0 radical (unpaired) electrons. The summed E-state index contributed by atoms with van der Waals surface area (Å²) < 4.78 is 1.78. The van der Waals surface area contributed by atoms with Crippen molar-refractivity contribution in [3.05, 3.63) is 40.9 Å². The highest BCUT2D eigenvalue weighted by atomic mass is 16.1. The molecule has 0 unspecified atom stereocenters. The molecule has 98 valence electrons. The summed E-state index contributed by atoms with van der Waals surface area (Å²) in [6.07, 6.45) is 6.30. The van der Waals surface area contributed by atoms with Gasteiger partial charge in [0, 0.05) is 30.9 Å². The van der Waals surface area contributed by atoms with Crippen molar-refractivity contribution >= 4 is 11.6 Å². The second kappa shape index (κ2) is 4.72. The minimum Gasteiger partial charge on any atom is -0.371 e. The van der Waals surface area contributed by atoms with Crippen molar-refractivity contribution in [2.24, 2.45) is 0 Å². The fourth-order valence-corrected chi connectivity index (χ4v) is 2.35. The number of hydrogen-bond acceptors (Lipinski definition) is 4. The Kier molecular flexibility index (Phi) is 2.91. The van der Waals surface area contributed by atoms with E-state index < -0.39 is 0 Å². The molecule has 1 aliphatic rings. The normalized spacial score (nSPS) is 14.8. The first kappa shape index (κ1) is 11.7. The van der Waals surface area contributed by atoms with Crippen LogP contribution in [0.2, 0.25) is 0 Å². The monoisotopic (exact) mass is 258 g/mol. The van der Waals surface area contributed by atoms with Crippen LogP contribution in [0.25, 0.3) is 5.82 Å². The van der Waals surface area contributed by atoms with Gasteiger partial charge in [-0.1, -0.05) is 0 Å². The number of hydrogen-bond donors (Lipinski definition) is 2. The van der Waals surface area contributed by atoms with E-state index >= 15 is 0 Å². The van der Waals surface area contributed by atoms with E-state index in [9.17, 15) is 4.79 Å². The Bertz CT molecular complexity index is 628. The lowest BCUT2D eigenvalue weighted by atomic mass is 10.3. The van der Waals surface area contributed by atoms with E-state index in [0.29, 0.717) is 5.82 Å². The van der Waals surface area contributed by atoms with Gasteiger partial charge in [0.25, 0.3) is 5.56 Å². The van der Waals surface area contributed by atoms with E-state index in [1.54, 1.807) is 4.57 Å². The lowest BCUT2D eigenvalue weighted by molar-refractivity contribution is -0.599. The van der Waals surface area contributed by atoms with Crippen molar-refractivity contribution < 1.29 is 4.57 Å². The third kappa shape index (κ3) is 2.42. The standard InChI is InChI=1S/C13H15N5O/c14-13-15-11(9-12(19)16-13)18-7-3-10(4-8-18)17-5-1-2-6-17/h3-4,7-9H,1-2,5-6H2,(H2-,14,15,16,19)/p+1. The molecule has 0 amide bonds. The van der Waals surface area contributed by atoms with E-state index in [1.165, 1.54) is 24.6 Å². The molecule has 6 nitrogen and oxygen atoms in total. The molecule has 0 bridgehead atoms. The predicted octanol–water partition coefficient (Wildman–Crippen LogP) is 0.229. The summed E-state index contributed by atoms with van der Waals surface area (Å²) in [6, 6.07) is 5.49. The molecular formula is C13H16N5O+. The fraction of sp³-hybridized carbons (Fsp3) is 0.308. The predicted molar refractivity (Wildman–Crippen MR) is 72.2 cm³/mol. The number of nitrogen functional groups attached to an aromatic ring is 1. The number of nitrogens with two attached hydrogens (primary N) is 1. The number of aromatic amines is 1. The van der Waals surface area contributed by atoms with Crippen LogP contribution in [0.1, 0.15) is 12.8 Å². The summed E-state index contributed by atoms with van der Waals surface area (Å²) in [7, 11) is 0. The van der Waals surface area contributed by atoms with Gasteiger partial charge in [-0.3, -0.25) is 9.78 Å². The lowest BCUT2D eigenvalue weighted by Crippen LogP contribution is -2.33. The van der Waals surface area contributed by atoms with Crippen molar-refractivity contribution in [2.75, 3.05) is 23.7 Å². The SMILES string of the molecule is Nc1nc(-[n+]2ccc(N3CCCC3)cc2)cc(=O)[nH]1. The highest BCUT2D eigenvalue weighted by Crippen LogP contribution is 2.18. The van der Waals surface area contributed by atoms with Crippen molar-refractivity contribution in [1.82, 2.24) is 9.97 Å². The van der Waals surface area contributed by atoms with Crippen LogP contribution in [0.4, 0.5) is 11.6 Å². The Morgan fingerprint density at radius 2 is 1.95 bits per heavy atom. The highest BCUT2D eigenvalue weighted by molar-refractivity contribution is 5.44. The Morgan fingerprint density at radius 3 is 2.58 bits per heavy atom. The van der Waals surface area contributed by atoms with E-state index in [2.05, 4.69) is 14.9 Å². The van der Waals surface area contributed by atoms with Crippen LogP contribution in [0.15, 0.2) is 35.4 Å². The molecule has 19 heavy (non-hydrogen) atoms. The lowest BCUT2D eigenvalue weighted by Gasteiger charge is -2.16. The molecule has 1 saturated heterocycles. The highest BCUT2D eigenvalue weighted by Gasteiger charge is 2.14. The molecule has 3 rings (SSSR count). The first-order valence-corrected chi connectivity index (χ1v) is 6.36. The summed E-state index contributed by atoms with van der Waals surface area (Å²) in [5.41, 5.74) is 6.49. The fourth-order valence-electron chi connectivity index (χ4n) is 2.35. The quantitative estimate of drug-likeness (QED) is 0.756. The molecule has 3 heterocycles. The van der Waals surface area contributed by atoms with Crippen LogP contribution >= 0.6 is 0 Å². The number of H-pyrrole nitrogens is 1. The number of nitrogens with one attached hydrogen (secondary N) is 1. The smallest absolute Gasteiger partial charge is 0.337 e. The molecule has 0 atom stereocenters. The van der Waals surface area contributed by atoms with Crippen molar-refractivity contribution in [3.63, 3.8) is 0 Å². The zero-order valence-corrected chi connectivity index (χ0v) is 10.5. The first-order chi connectivity index (χ1) is 9.22. The van der Waals surface area contributed by atoms with Crippen LogP contribution in [0.5, 0.6) is 0 Å². The average Bonchev–Trinajstić information content (AvgIpc) is 2.91. The molecule has 0 aliphatic carbocycles. The average molecular weight is 258 g/mol. The first-order valence-electron chi connectivity index (χ1n) is 6.36. The molecule has 3 N–H and O–H groups in total. The molecule has 2 aromatic heterocycles. The number of rotatable bonds is 2.